The van der Waals surface area contributed by atoms with E-state index in [1.54, 1.807) is 23.2 Å². The molecule has 1 amide bonds. The van der Waals surface area contributed by atoms with Crippen molar-refractivity contribution in [1.82, 2.24) is 14.8 Å². The van der Waals surface area contributed by atoms with Crippen LogP contribution >= 0.6 is 0 Å². The van der Waals surface area contributed by atoms with Crippen LogP contribution < -0.4 is 4.74 Å². The quantitative estimate of drug-likeness (QED) is 0.556. The molecule has 0 spiro atoms. The minimum Gasteiger partial charge on any atom is -0.477 e. The molecular formula is C28H36F3N3O3. The summed E-state index contributed by atoms with van der Waals surface area (Å²) in [4.78, 5) is 20.7. The first-order chi connectivity index (χ1) is 17.5. The normalized spacial score (nSPS) is 20.2. The smallest absolute Gasteiger partial charge is 0.395 e. The van der Waals surface area contributed by atoms with Crippen LogP contribution in [0.25, 0.3) is 11.1 Å². The van der Waals surface area contributed by atoms with Crippen molar-refractivity contribution in [3.8, 4) is 17.0 Å². The number of nitrogens with zero attached hydrogens (tertiary/aromatic N) is 3. The number of pyridine rings is 1. The highest BCUT2D eigenvalue weighted by Crippen LogP contribution is 2.38. The van der Waals surface area contributed by atoms with Crippen LogP contribution in [0.3, 0.4) is 0 Å². The largest absolute Gasteiger partial charge is 0.477 e. The number of carbonyl (C=O) groups excluding carboxylic acids is 1. The molecule has 0 bridgehead atoms. The molecule has 1 unspecified atom stereocenters. The van der Waals surface area contributed by atoms with E-state index in [0.29, 0.717) is 44.2 Å². The number of hydrogen-bond donors (Lipinski definition) is 1. The summed E-state index contributed by atoms with van der Waals surface area (Å²) in [5.74, 6) is 0.736. The number of likely N-dealkylation sites (tertiary alicyclic amines) is 2. The average molecular weight is 520 g/mol. The monoisotopic (exact) mass is 519 g/mol. The average Bonchev–Trinajstić information content (AvgIpc) is 2.87. The number of carbonyl (C=O) groups is 1. The molecule has 6 nitrogen and oxygen atoms in total. The first-order valence-corrected chi connectivity index (χ1v) is 13.0. The minimum absolute atomic E-state index is 0.0175. The van der Waals surface area contributed by atoms with E-state index in [0.717, 1.165) is 36.8 Å². The molecule has 1 aromatic heterocycles. The van der Waals surface area contributed by atoms with Gasteiger partial charge in [-0.15, -0.1) is 0 Å². The lowest BCUT2D eigenvalue weighted by atomic mass is 9.89. The summed E-state index contributed by atoms with van der Waals surface area (Å²) in [6.45, 7) is 5.34. The Labute approximate surface area is 216 Å². The topological polar surface area (TPSA) is 65.9 Å². The molecule has 1 atom stereocenters. The van der Waals surface area contributed by atoms with Gasteiger partial charge in [-0.2, -0.15) is 13.2 Å². The van der Waals surface area contributed by atoms with Crippen molar-refractivity contribution in [2.45, 2.75) is 51.8 Å². The molecule has 0 radical (unpaired) electrons. The fraction of sp³-hybridized carbons (Fsp3) is 0.571. The molecular weight excluding hydrogens is 483 g/mol. The number of β-amino-alcohol motifs (C(OH)–C–C–N with tert-alkyl or cyclic N) is 1. The number of benzene rings is 1. The summed E-state index contributed by atoms with van der Waals surface area (Å²) >= 11 is 0. The molecule has 2 aromatic rings. The minimum atomic E-state index is -4.21. The summed E-state index contributed by atoms with van der Waals surface area (Å²) in [7, 11) is 0. The Bertz CT molecular complexity index is 1030. The summed E-state index contributed by atoms with van der Waals surface area (Å²) in [5, 5.41) is 9.83. The van der Waals surface area contributed by atoms with Gasteiger partial charge in [0.05, 0.1) is 18.1 Å². The number of rotatable bonds is 7. The van der Waals surface area contributed by atoms with Gasteiger partial charge in [-0.25, -0.2) is 4.98 Å². The standard InChI is InChI=1S/C28H36F3N3O3/c1-27(2,28(29,30)31)19-33-14-11-20(12-15-33)18-37-25-10-9-23(16-32-25)21-5-7-22(8-6-21)26(36)34-13-3-4-24(35)17-34/h5-10,16,20,24,35H,3-4,11-15,17-19H2,1-2H3. The maximum Gasteiger partial charge on any atom is 0.395 e. The number of ether oxygens (including phenoxy) is 1. The van der Waals surface area contributed by atoms with Gasteiger partial charge in [-0.05, 0) is 82.3 Å². The van der Waals surface area contributed by atoms with Crippen molar-refractivity contribution in [3.05, 3.63) is 48.2 Å². The van der Waals surface area contributed by atoms with E-state index < -0.39 is 17.7 Å². The third-order valence-electron chi connectivity index (χ3n) is 7.45. The number of aliphatic hydroxyl groups is 1. The van der Waals surface area contributed by atoms with E-state index in [1.807, 2.05) is 29.2 Å². The molecule has 2 aliphatic rings. The summed E-state index contributed by atoms with van der Waals surface area (Å²) < 4.78 is 45.4. The van der Waals surface area contributed by atoms with E-state index in [-0.39, 0.29) is 18.4 Å². The van der Waals surface area contributed by atoms with Crippen LogP contribution in [0, 0.1) is 11.3 Å². The van der Waals surface area contributed by atoms with Gasteiger partial charge in [0.15, 0.2) is 0 Å². The molecule has 202 valence electrons. The first kappa shape index (κ1) is 27.4. The SMILES string of the molecule is CC(C)(CN1CCC(COc2ccc(-c3ccc(C(=O)N4CCCC(O)C4)cc3)cn2)CC1)C(F)(F)F. The van der Waals surface area contributed by atoms with Gasteiger partial charge in [-0.3, -0.25) is 4.79 Å². The van der Waals surface area contributed by atoms with Gasteiger partial charge in [-0.1, -0.05) is 12.1 Å². The molecule has 9 heteroatoms. The van der Waals surface area contributed by atoms with Gasteiger partial charge < -0.3 is 19.6 Å². The Balaban J connectivity index is 1.24. The lowest BCUT2D eigenvalue weighted by Gasteiger charge is -2.38. The number of amides is 1. The third-order valence-corrected chi connectivity index (χ3v) is 7.45. The highest BCUT2D eigenvalue weighted by atomic mass is 19.4. The third kappa shape index (κ3) is 7.02. The van der Waals surface area contributed by atoms with Gasteiger partial charge in [0.1, 0.15) is 0 Å². The number of aliphatic hydroxyl groups excluding tert-OH is 1. The molecule has 3 heterocycles. The Kier molecular flexibility index (Phi) is 8.43. The Morgan fingerprint density at radius 2 is 1.70 bits per heavy atom. The first-order valence-electron chi connectivity index (χ1n) is 13.0. The number of alkyl halides is 3. The molecule has 0 saturated carbocycles. The van der Waals surface area contributed by atoms with Gasteiger partial charge in [0, 0.05) is 43.0 Å². The molecule has 37 heavy (non-hydrogen) atoms. The summed E-state index contributed by atoms with van der Waals surface area (Å²) in [5.41, 5.74) is 0.719. The van der Waals surface area contributed by atoms with Crippen molar-refractivity contribution >= 4 is 5.91 Å². The van der Waals surface area contributed by atoms with Crippen LogP contribution in [0.15, 0.2) is 42.6 Å². The lowest BCUT2D eigenvalue weighted by molar-refractivity contribution is -0.217. The van der Waals surface area contributed by atoms with Gasteiger partial charge in [0.2, 0.25) is 5.88 Å². The van der Waals surface area contributed by atoms with Crippen molar-refractivity contribution in [2.24, 2.45) is 11.3 Å². The van der Waals surface area contributed by atoms with Crippen molar-refractivity contribution < 1.29 is 27.8 Å². The number of hydrogen-bond acceptors (Lipinski definition) is 5. The zero-order valence-electron chi connectivity index (χ0n) is 21.5. The van der Waals surface area contributed by atoms with Crippen LogP contribution in [0.1, 0.15) is 49.9 Å². The van der Waals surface area contributed by atoms with Crippen molar-refractivity contribution in [2.75, 3.05) is 39.3 Å². The van der Waals surface area contributed by atoms with Crippen LogP contribution in [-0.4, -0.2) is 77.4 Å². The fourth-order valence-electron chi connectivity index (χ4n) is 4.93. The second kappa shape index (κ2) is 11.4. The van der Waals surface area contributed by atoms with E-state index >= 15 is 0 Å². The highest BCUT2D eigenvalue weighted by Gasteiger charge is 2.48. The molecule has 2 saturated heterocycles. The number of aromatic nitrogens is 1. The van der Waals surface area contributed by atoms with E-state index in [2.05, 4.69) is 4.98 Å². The molecule has 4 rings (SSSR count). The van der Waals surface area contributed by atoms with Crippen molar-refractivity contribution in [3.63, 3.8) is 0 Å². The number of halogens is 3. The van der Waals surface area contributed by atoms with E-state index in [1.165, 1.54) is 13.8 Å². The van der Waals surface area contributed by atoms with Crippen LogP contribution in [0.2, 0.25) is 0 Å². The van der Waals surface area contributed by atoms with Crippen LogP contribution in [0.4, 0.5) is 13.2 Å². The van der Waals surface area contributed by atoms with Gasteiger partial charge in [0.25, 0.3) is 5.91 Å². The number of piperidine rings is 2. The predicted molar refractivity (Wildman–Crippen MR) is 135 cm³/mol. The van der Waals surface area contributed by atoms with Crippen LogP contribution in [0.5, 0.6) is 5.88 Å². The van der Waals surface area contributed by atoms with E-state index in [4.69, 9.17) is 4.74 Å². The maximum absolute atomic E-state index is 13.2. The second-order valence-electron chi connectivity index (χ2n) is 10.9. The zero-order chi connectivity index (χ0) is 26.6. The molecule has 1 aromatic carbocycles. The second-order valence-corrected chi connectivity index (χ2v) is 10.9. The van der Waals surface area contributed by atoms with Gasteiger partial charge >= 0.3 is 6.18 Å². The Hall–Kier alpha value is -2.65. The zero-order valence-corrected chi connectivity index (χ0v) is 21.5. The lowest BCUT2D eigenvalue weighted by Crippen LogP contribution is -2.46. The molecule has 1 N–H and O–H groups in total. The predicted octanol–water partition coefficient (Wildman–Crippen LogP) is 5.02. The van der Waals surface area contributed by atoms with Crippen molar-refractivity contribution in [1.29, 1.82) is 0 Å². The Morgan fingerprint density at radius 1 is 1.03 bits per heavy atom. The molecule has 2 fully saturated rings. The van der Waals surface area contributed by atoms with Crippen LogP contribution in [-0.2, 0) is 0 Å². The molecule has 2 aliphatic heterocycles. The maximum atomic E-state index is 13.2. The summed E-state index contributed by atoms with van der Waals surface area (Å²) in [6, 6.07) is 11.1. The highest BCUT2D eigenvalue weighted by molar-refractivity contribution is 5.94. The Morgan fingerprint density at radius 3 is 2.30 bits per heavy atom. The molecule has 0 aliphatic carbocycles. The van der Waals surface area contributed by atoms with E-state index in [9.17, 15) is 23.1 Å². The summed E-state index contributed by atoms with van der Waals surface area (Å²) in [6.07, 6.45) is 0.216. The fourth-order valence-corrected chi connectivity index (χ4v) is 4.93.